The van der Waals surface area contributed by atoms with E-state index in [1.165, 1.54) is 19.3 Å². The fraction of sp³-hybridized carbons (Fsp3) is 0.619. The van der Waals surface area contributed by atoms with Crippen molar-refractivity contribution in [2.24, 2.45) is 23.7 Å². The second-order valence-corrected chi connectivity index (χ2v) is 8.07. The summed E-state index contributed by atoms with van der Waals surface area (Å²) in [5.41, 5.74) is 0.709. The van der Waals surface area contributed by atoms with Gasteiger partial charge in [0.2, 0.25) is 11.8 Å². The van der Waals surface area contributed by atoms with Crippen molar-refractivity contribution in [3.8, 4) is 5.75 Å². The molecule has 1 aliphatic heterocycles. The van der Waals surface area contributed by atoms with E-state index >= 15 is 0 Å². The highest BCUT2D eigenvalue weighted by Gasteiger charge is 2.44. The zero-order chi connectivity index (χ0) is 18.1. The van der Waals surface area contributed by atoms with Crippen LogP contribution in [0, 0.1) is 23.7 Å². The molecule has 2 saturated carbocycles. The van der Waals surface area contributed by atoms with Gasteiger partial charge in [0.1, 0.15) is 5.75 Å². The van der Waals surface area contributed by atoms with Gasteiger partial charge in [-0.15, -0.1) is 0 Å². The summed E-state index contributed by atoms with van der Waals surface area (Å²) < 4.78 is 5.30. The van der Waals surface area contributed by atoms with Gasteiger partial charge < -0.3 is 15.0 Å². The van der Waals surface area contributed by atoms with Gasteiger partial charge in [0.15, 0.2) is 0 Å². The molecule has 140 valence electrons. The number of carbonyl (C=O) groups excluding carboxylic acids is 2. The van der Waals surface area contributed by atoms with Crippen molar-refractivity contribution in [3.05, 3.63) is 24.3 Å². The Morgan fingerprint density at radius 1 is 1.08 bits per heavy atom. The highest BCUT2D eigenvalue weighted by molar-refractivity contribution is 5.94. The first-order chi connectivity index (χ1) is 12.7. The molecule has 1 N–H and O–H groups in total. The minimum Gasteiger partial charge on any atom is -0.495 e. The average molecular weight is 356 g/mol. The third-order valence-corrected chi connectivity index (χ3v) is 6.60. The maximum absolute atomic E-state index is 12.9. The first-order valence-corrected chi connectivity index (χ1v) is 9.88. The number of rotatable bonds is 4. The Bertz CT molecular complexity index is 682. The topological polar surface area (TPSA) is 58.6 Å². The van der Waals surface area contributed by atoms with Crippen molar-refractivity contribution in [1.82, 2.24) is 4.90 Å². The summed E-state index contributed by atoms with van der Waals surface area (Å²) in [7, 11) is 1.60. The van der Waals surface area contributed by atoms with Crippen LogP contribution in [0.3, 0.4) is 0 Å². The van der Waals surface area contributed by atoms with E-state index in [0.29, 0.717) is 36.4 Å². The number of amides is 2. The molecule has 1 heterocycles. The summed E-state index contributed by atoms with van der Waals surface area (Å²) in [6.07, 6.45) is 6.39. The number of nitrogens with one attached hydrogen (secondary N) is 1. The van der Waals surface area contributed by atoms with Gasteiger partial charge in [-0.05, 0) is 56.1 Å². The summed E-state index contributed by atoms with van der Waals surface area (Å²) in [4.78, 5) is 27.5. The molecule has 5 heteroatoms. The molecule has 1 aromatic rings. The molecule has 4 rings (SSSR count). The number of ether oxygens (including phenoxy) is 1. The lowest BCUT2D eigenvalue weighted by atomic mass is 9.86. The van der Waals surface area contributed by atoms with E-state index in [9.17, 15) is 9.59 Å². The van der Waals surface area contributed by atoms with Crippen LogP contribution in [0.1, 0.15) is 38.5 Å². The molecule has 26 heavy (non-hydrogen) atoms. The molecule has 5 nitrogen and oxygen atoms in total. The Balaban J connectivity index is 1.30. The molecule has 3 aliphatic rings. The van der Waals surface area contributed by atoms with Crippen molar-refractivity contribution in [1.29, 1.82) is 0 Å². The second kappa shape index (κ2) is 7.29. The zero-order valence-electron chi connectivity index (χ0n) is 15.4. The maximum atomic E-state index is 12.9. The highest BCUT2D eigenvalue weighted by atomic mass is 16.5. The molecule has 2 amide bonds. The first kappa shape index (κ1) is 17.4. The maximum Gasteiger partial charge on any atom is 0.227 e. The standard InChI is InChI=1S/C21H28N2O3/c1-26-19-5-3-2-4-18(19)22-20(24)15-8-10-23(11-9-15)21(25)17-13-14-6-7-16(17)12-14/h2-5,14-17H,6-13H2,1H3,(H,22,24)/t14-,16-,17-/m0/s1. The van der Waals surface area contributed by atoms with Crippen LogP contribution < -0.4 is 10.1 Å². The number of nitrogens with zero attached hydrogens (tertiary/aromatic N) is 1. The molecule has 2 bridgehead atoms. The molecule has 2 aliphatic carbocycles. The monoisotopic (exact) mass is 356 g/mol. The van der Waals surface area contributed by atoms with Crippen LogP contribution in [0.25, 0.3) is 0 Å². The van der Waals surface area contributed by atoms with Crippen molar-refractivity contribution in [2.45, 2.75) is 38.5 Å². The van der Waals surface area contributed by atoms with E-state index in [1.807, 2.05) is 29.2 Å². The number of para-hydroxylation sites is 2. The minimum atomic E-state index is -0.0380. The zero-order valence-corrected chi connectivity index (χ0v) is 15.4. The lowest BCUT2D eigenvalue weighted by Gasteiger charge is -2.35. The number of anilines is 1. The quantitative estimate of drug-likeness (QED) is 0.900. The van der Waals surface area contributed by atoms with Crippen LogP contribution >= 0.6 is 0 Å². The van der Waals surface area contributed by atoms with E-state index in [0.717, 1.165) is 25.2 Å². The molecule has 3 fully saturated rings. The van der Waals surface area contributed by atoms with Crippen LogP contribution in [0.15, 0.2) is 24.3 Å². The van der Waals surface area contributed by atoms with Crippen molar-refractivity contribution < 1.29 is 14.3 Å². The number of methoxy groups -OCH3 is 1. The molecule has 3 atom stereocenters. The van der Waals surface area contributed by atoms with Gasteiger partial charge in [0.05, 0.1) is 12.8 Å². The van der Waals surface area contributed by atoms with Crippen molar-refractivity contribution >= 4 is 17.5 Å². The van der Waals surface area contributed by atoms with Crippen LogP contribution in [0.5, 0.6) is 5.75 Å². The normalized spacial score (nSPS) is 28.2. The molecule has 0 unspecified atom stereocenters. The van der Waals surface area contributed by atoms with Gasteiger partial charge in [-0.2, -0.15) is 0 Å². The Morgan fingerprint density at radius 2 is 1.85 bits per heavy atom. The molecule has 0 aromatic heterocycles. The van der Waals surface area contributed by atoms with Crippen molar-refractivity contribution in [2.75, 3.05) is 25.5 Å². The van der Waals surface area contributed by atoms with Gasteiger partial charge in [0.25, 0.3) is 0 Å². The van der Waals surface area contributed by atoms with Gasteiger partial charge in [0, 0.05) is 24.9 Å². The number of piperidine rings is 1. The number of fused-ring (bicyclic) bond motifs is 2. The van der Waals surface area contributed by atoms with E-state index in [4.69, 9.17) is 4.74 Å². The van der Waals surface area contributed by atoms with Gasteiger partial charge in [-0.3, -0.25) is 9.59 Å². The fourth-order valence-electron chi connectivity index (χ4n) is 5.13. The van der Waals surface area contributed by atoms with Gasteiger partial charge in [-0.1, -0.05) is 18.6 Å². The lowest BCUT2D eigenvalue weighted by molar-refractivity contribution is -0.140. The molecule has 0 spiro atoms. The summed E-state index contributed by atoms with van der Waals surface area (Å²) >= 11 is 0. The number of likely N-dealkylation sites (tertiary alicyclic amines) is 1. The Morgan fingerprint density at radius 3 is 2.50 bits per heavy atom. The number of benzene rings is 1. The number of hydrogen-bond donors (Lipinski definition) is 1. The van der Waals surface area contributed by atoms with Crippen LogP contribution in [-0.2, 0) is 9.59 Å². The lowest BCUT2D eigenvalue weighted by Crippen LogP contribution is -2.45. The van der Waals surface area contributed by atoms with E-state index in [1.54, 1.807) is 7.11 Å². The third kappa shape index (κ3) is 3.31. The fourth-order valence-corrected chi connectivity index (χ4v) is 5.13. The molecular formula is C21H28N2O3. The smallest absolute Gasteiger partial charge is 0.227 e. The Hall–Kier alpha value is -2.04. The molecule has 1 aromatic carbocycles. The Labute approximate surface area is 155 Å². The predicted molar refractivity (Wildman–Crippen MR) is 99.9 cm³/mol. The largest absolute Gasteiger partial charge is 0.495 e. The molecule has 1 saturated heterocycles. The van der Waals surface area contributed by atoms with E-state index in [-0.39, 0.29) is 17.7 Å². The average Bonchev–Trinajstić information content (AvgIpc) is 3.31. The van der Waals surface area contributed by atoms with Gasteiger partial charge >= 0.3 is 0 Å². The van der Waals surface area contributed by atoms with Crippen LogP contribution in [0.2, 0.25) is 0 Å². The molecular weight excluding hydrogens is 328 g/mol. The van der Waals surface area contributed by atoms with Crippen molar-refractivity contribution in [3.63, 3.8) is 0 Å². The first-order valence-electron chi connectivity index (χ1n) is 9.88. The minimum absolute atomic E-state index is 0.0292. The van der Waals surface area contributed by atoms with Crippen LogP contribution in [0.4, 0.5) is 5.69 Å². The number of carbonyl (C=O) groups is 2. The summed E-state index contributed by atoms with van der Waals surface area (Å²) in [5, 5.41) is 2.98. The second-order valence-electron chi connectivity index (χ2n) is 8.07. The summed E-state index contributed by atoms with van der Waals surface area (Å²) in [6, 6.07) is 7.46. The SMILES string of the molecule is COc1ccccc1NC(=O)C1CCN(C(=O)[C@H]2C[C@H]3CC[C@H]2C3)CC1. The predicted octanol–water partition coefficient (Wildman–Crippen LogP) is 3.31. The van der Waals surface area contributed by atoms with Gasteiger partial charge in [-0.25, -0.2) is 0 Å². The highest BCUT2D eigenvalue weighted by Crippen LogP contribution is 2.49. The third-order valence-electron chi connectivity index (χ3n) is 6.60. The van der Waals surface area contributed by atoms with Crippen LogP contribution in [-0.4, -0.2) is 36.9 Å². The van der Waals surface area contributed by atoms with E-state index < -0.39 is 0 Å². The van der Waals surface area contributed by atoms with E-state index in [2.05, 4.69) is 5.32 Å². The Kier molecular flexibility index (Phi) is 4.88. The summed E-state index contributed by atoms with van der Waals surface area (Å²) in [5.74, 6) is 2.68. The number of hydrogen-bond acceptors (Lipinski definition) is 3. The summed E-state index contributed by atoms with van der Waals surface area (Å²) in [6.45, 7) is 1.41. The molecule has 0 radical (unpaired) electrons.